The molecule has 0 saturated carbocycles. The first-order valence-corrected chi connectivity index (χ1v) is 10.5. The minimum absolute atomic E-state index is 0.0263. The predicted octanol–water partition coefficient (Wildman–Crippen LogP) is 2.98. The van der Waals surface area contributed by atoms with Crippen LogP contribution in [0.3, 0.4) is 0 Å². The van der Waals surface area contributed by atoms with Gasteiger partial charge >= 0.3 is 0 Å². The summed E-state index contributed by atoms with van der Waals surface area (Å²) >= 11 is 0. The van der Waals surface area contributed by atoms with Crippen LogP contribution in [0.2, 0.25) is 0 Å². The first-order valence-electron chi connectivity index (χ1n) is 10.5. The molecule has 3 fully saturated rings. The molecule has 3 heterocycles. The standard InChI is InChI=1S/C25H30O7/c1-16-6-8-17(9-7-16)10-11-18-12-19(27)14-20(13-18)30-24(5)21(2,28)23(4)22(3,29)25(15-26,31-23)32-24/h6-14,26-29H,15H2,1-5H3/b11-10-. The van der Waals surface area contributed by atoms with Gasteiger partial charge in [0, 0.05) is 13.0 Å². The third-order valence-electron chi connectivity index (χ3n) is 7.19. The van der Waals surface area contributed by atoms with Crippen molar-refractivity contribution in [1.82, 2.24) is 0 Å². The van der Waals surface area contributed by atoms with Crippen molar-refractivity contribution >= 4 is 12.2 Å². The van der Waals surface area contributed by atoms with E-state index in [1.54, 1.807) is 19.1 Å². The number of benzene rings is 2. The molecule has 5 unspecified atom stereocenters. The van der Waals surface area contributed by atoms with Crippen LogP contribution < -0.4 is 4.74 Å². The Bertz CT molecular complexity index is 1060. The number of phenolic OH excluding ortho intramolecular Hbond substituents is 1. The van der Waals surface area contributed by atoms with E-state index in [2.05, 4.69) is 0 Å². The van der Waals surface area contributed by atoms with Gasteiger partial charge in [-0.2, -0.15) is 0 Å². The molecular weight excluding hydrogens is 412 g/mol. The molecule has 172 valence electrons. The number of fused-ring (bicyclic) bond motifs is 2. The molecule has 3 aliphatic rings. The minimum Gasteiger partial charge on any atom is -0.508 e. The van der Waals surface area contributed by atoms with Crippen LogP contribution in [0, 0.1) is 6.92 Å². The maximum atomic E-state index is 11.4. The molecule has 7 heteroatoms. The molecule has 5 atom stereocenters. The number of phenols is 1. The number of aliphatic hydroxyl groups excluding tert-OH is 1. The Balaban J connectivity index is 1.64. The summed E-state index contributed by atoms with van der Waals surface area (Å²) in [6.07, 6.45) is 3.75. The quantitative estimate of drug-likeness (QED) is 0.527. The lowest BCUT2D eigenvalue weighted by molar-refractivity contribution is -0.597. The average molecular weight is 443 g/mol. The molecule has 5 rings (SSSR count). The maximum absolute atomic E-state index is 11.4. The summed E-state index contributed by atoms with van der Waals surface area (Å²) in [7, 11) is 0. The molecule has 0 aliphatic carbocycles. The van der Waals surface area contributed by atoms with Gasteiger partial charge in [-0.05, 0) is 51.0 Å². The molecule has 3 aliphatic heterocycles. The van der Waals surface area contributed by atoms with Crippen molar-refractivity contribution in [3.63, 3.8) is 0 Å². The molecular formula is C25H30O7. The van der Waals surface area contributed by atoms with E-state index in [0.717, 1.165) is 5.56 Å². The summed E-state index contributed by atoms with van der Waals surface area (Å²) in [4.78, 5) is 0. The fourth-order valence-corrected chi connectivity index (χ4v) is 4.58. The molecule has 0 amide bonds. The maximum Gasteiger partial charge on any atom is 0.242 e. The summed E-state index contributed by atoms with van der Waals surface area (Å²) in [6.45, 7) is 7.34. The Morgan fingerprint density at radius 1 is 0.875 bits per heavy atom. The third-order valence-corrected chi connectivity index (χ3v) is 7.19. The molecule has 0 radical (unpaired) electrons. The van der Waals surface area contributed by atoms with Gasteiger partial charge in [0.1, 0.15) is 29.3 Å². The van der Waals surface area contributed by atoms with Crippen LogP contribution >= 0.6 is 0 Å². The molecule has 2 aromatic carbocycles. The molecule has 2 bridgehead atoms. The SMILES string of the molecule is Cc1ccc(/C=C\c2cc(O)cc(OC3(C)OC4(CO)OC(C)(C3(C)O)C4(C)O)c2)cc1. The number of aryl methyl sites for hydroxylation is 1. The summed E-state index contributed by atoms with van der Waals surface area (Å²) in [5, 5.41) is 42.5. The summed E-state index contributed by atoms with van der Waals surface area (Å²) in [5.41, 5.74) is -2.11. The van der Waals surface area contributed by atoms with Crippen LogP contribution in [-0.4, -0.2) is 55.4 Å². The Morgan fingerprint density at radius 3 is 2.09 bits per heavy atom. The van der Waals surface area contributed by atoms with Gasteiger partial charge in [-0.25, -0.2) is 0 Å². The van der Waals surface area contributed by atoms with Crippen LogP contribution in [0.25, 0.3) is 12.2 Å². The number of hydrogen-bond donors (Lipinski definition) is 4. The van der Waals surface area contributed by atoms with Gasteiger partial charge in [0.05, 0.1) is 0 Å². The van der Waals surface area contributed by atoms with Gasteiger partial charge in [-0.15, -0.1) is 0 Å². The Kier molecular flexibility index (Phi) is 5.01. The highest BCUT2D eigenvalue weighted by molar-refractivity contribution is 5.71. The summed E-state index contributed by atoms with van der Waals surface area (Å²) in [5.74, 6) is -3.23. The van der Waals surface area contributed by atoms with Crippen LogP contribution in [0.4, 0.5) is 0 Å². The zero-order chi connectivity index (χ0) is 23.6. The lowest BCUT2D eigenvalue weighted by Crippen LogP contribution is -2.96. The van der Waals surface area contributed by atoms with Crippen LogP contribution in [0.15, 0.2) is 42.5 Å². The van der Waals surface area contributed by atoms with Gasteiger partial charge in [-0.1, -0.05) is 42.0 Å². The highest BCUT2D eigenvalue weighted by Crippen LogP contribution is 2.64. The molecule has 0 spiro atoms. The van der Waals surface area contributed by atoms with Gasteiger partial charge < -0.3 is 29.9 Å². The molecule has 0 aromatic heterocycles. The first kappa shape index (κ1) is 22.8. The first-order chi connectivity index (χ1) is 14.8. The zero-order valence-electron chi connectivity index (χ0n) is 18.9. The number of rotatable bonds is 5. The molecule has 3 saturated heterocycles. The normalized spacial score (nSPS) is 38.5. The van der Waals surface area contributed by atoms with Crippen molar-refractivity contribution < 1.29 is 34.6 Å². The lowest BCUT2D eigenvalue weighted by atomic mass is 9.59. The van der Waals surface area contributed by atoms with E-state index in [1.807, 2.05) is 43.3 Å². The van der Waals surface area contributed by atoms with Crippen molar-refractivity contribution in [2.45, 2.75) is 63.0 Å². The van der Waals surface area contributed by atoms with E-state index >= 15 is 0 Å². The monoisotopic (exact) mass is 442 g/mol. The van der Waals surface area contributed by atoms with Crippen molar-refractivity contribution in [3.05, 3.63) is 59.2 Å². The second-order valence-electron chi connectivity index (χ2n) is 9.34. The van der Waals surface area contributed by atoms with Crippen molar-refractivity contribution in [2.75, 3.05) is 6.61 Å². The highest BCUT2D eigenvalue weighted by atomic mass is 16.9. The summed E-state index contributed by atoms with van der Waals surface area (Å²) < 4.78 is 17.7. The van der Waals surface area contributed by atoms with Crippen molar-refractivity contribution in [2.24, 2.45) is 0 Å². The van der Waals surface area contributed by atoms with E-state index in [0.29, 0.717) is 5.56 Å². The fraction of sp³-hybridized carbons (Fsp3) is 0.440. The minimum atomic E-state index is -1.82. The second kappa shape index (κ2) is 7.04. The lowest BCUT2D eigenvalue weighted by Gasteiger charge is -2.75. The van der Waals surface area contributed by atoms with Crippen molar-refractivity contribution in [1.29, 1.82) is 0 Å². The topological polar surface area (TPSA) is 109 Å². The van der Waals surface area contributed by atoms with E-state index in [4.69, 9.17) is 14.2 Å². The second-order valence-corrected chi connectivity index (χ2v) is 9.34. The third kappa shape index (κ3) is 3.00. The van der Waals surface area contributed by atoms with Crippen LogP contribution in [0.5, 0.6) is 11.5 Å². The van der Waals surface area contributed by atoms with E-state index in [9.17, 15) is 20.4 Å². The predicted molar refractivity (Wildman–Crippen MR) is 119 cm³/mol. The molecule has 32 heavy (non-hydrogen) atoms. The largest absolute Gasteiger partial charge is 0.508 e. The number of ether oxygens (including phenoxy) is 3. The Morgan fingerprint density at radius 2 is 1.50 bits per heavy atom. The number of aliphatic hydroxyl groups is 3. The van der Waals surface area contributed by atoms with Crippen LogP contribution in [-0.2, 0) is 9.47 Å². The fourth-order valence-electron chi connectivity index (χ4n) is 4.58. The Labute approximate surface area is 187 Å². The van der Waals surface area contributed by atoms with E-state index in [-0.39, 0.29) is 11.5 Å². The highest BCUT2D eigenvalue weighted by Gasteiger charge is 2.87. The van der Waals surface area contributed by atoms with Gasteiger partial charge in [0.2, 0.25) is 11.6 Å². The Hall–Kier alpha value is -2.42. The van der Waals surface area contributed by atoms with Crippen molar-refractivity contribution in [3.8, 4) is 11.5 Å². The smallest absolute Gasteiger partial charge is 0.242 e. The van der Waals surface area contributed by atoms with Gasteiger partial charge in [0.25, 0.3) is 0 Å². The average Bonchev–Trinajstić information content (AvgIpc) is 2.71. The molecule has 2 aromatic rings. The van der Waals surface area contributed by atoms with Gasteiger partial charge in [0.15, 0.2) is 5.60 Å². The van der Waals surface area contributed by atoms with E-state index < -0.39 is 35.0 Å². The zero-order valence-corrected chi connectivity index (χ0v) is 18.9. The van der Waals surface area contributed by atoms with E-state index in [1.165, 1.54) is 32.4 Å². The van der Waals surface area contributed by atoms with Gasteiger partial charge in [-0.3, -0.25) is 4.74 Å². The molecule has 7 nitrogen and oxygen atoms in total. The molecule has 4 N–H and O–H groups in total. The number of aromatic hydroxyl groups is 1. The number of hydrogen-bond acceptors (Lipinski definition) is 7. The summed E-state index contributed by atoms with van der Waals surface area (Å²) in [6, 6.07) is 12.7. The van der Waals surface area contributed by atoms with Crippen LogP contribution in [0.1, 0.15) is 44.4 Å².